The van der Waals surface area contributed by atoms with Crippen molar-refractivity contribution in [2.24, 2.45) is 0 Å². The predicted molar refractivity (Wildman–Crippen MR) is 256 cm³/mol. The van der Waals surface area contributed by atoms with E-state index >= 15 is 0 Å². The van der Waals surface area contributed by atoms with E-state index in [4.69, 9.17) is 28.4 Å². The maximum atomic E-state index is 12.6. The molecule has 3 aromatic rings. The molecular weight excluding hydrogens is 789 g/mol. The number of hydrogen-bond acceptors (Lipinski definition) is 11. The summed E-state index contributed by atoms with van der Waals surface area (Å²) in [5, 5.41) is 0. The number of aryl methyl sites for hydroxylation is 1. The second-order valence-electron chi connectivity index (χ2n) is 11.8. The maximum Gasteiger partial charge on any atom is 0.343 e. The molecule has 0 fully saturated rings. The van der Waals surface area contributed by atoms with Gasteiger partial charge in [0, 0.05) is 39.2 Å². The number of rotatable bonds is 16. The number of hydrogen-bond donors (Lipinski definition) is 0. The van der Waals surface area contributed by atoms with Crippen molar-refractivity contribution in [3.05, 3.63) is 121 Å². The van der Waals surface area contributed by atoms with Gasteiger partial charge in [0.2, 0.25) is 0 Å². The van der Waals surface area contributed by atoms with Crippen LogP contribution < -0.4 is 18.9 Å². The number of ether oxygens (including phenoxy) is 7. The van der Waals surface area contributed by atoms with Gasteiger partial charge in [-0.2, -0.15) is 0 Å². The van der Waals surface area contributed by atoms with Gasteiger partial charge in [0.25, 0.3) is 0 Å². The monoisotopic (exact) mass is 869 g/mol. The van der Waals surface area contributed by atoms with Gasteiger partial charge in [-0.05, 0) is 86.1 Å². The standard InChI is InChI=1S/C33H32O10.3C3H8.C3H6.C2H6O.2C2H6/c1-4-30(34)40-20-6-18-38-26-12-8-24(9-13-26)32(36)42-28-16-17-29(23(3)22-28)43-33(37)25-10-14-27(15-11-25)39-19-7-21-41-31(35)5-2;5*1-3-2;2*1-2/h4-5,8-17,22H,1-2,6-7,18-21H2,3H3;3*3H2,1-2H3;3H,1H2,2H3;1-2H3;2*1-2H3. The molecule has 0 atom stereocenters. The predicted octanol–water partition coefficient (Wildman–Crippen LogP) is 13.2. The van der Waals surface area contributed by atoms with Crippen molar-refractivity contribution in [3.63, 3.8) is 0 Å². The number of benzene rings is 3. The van der Waals surface area contributed by atoms with E-state index in [2.05, 4.69) is 66.0 Å². The largest absolute Gasteiger partial charge is 0.493 e. The smallest absolute Gasteiger partial charge is 0.343 e. The molecule has 11 nitrogen and oxygen atoms in total. The summed E-state index contributed by atoms with van der Waals surface area (Å²) >= 11 is 0. The zero-order valence-corrected chi connectivity index (χ0v) is 40.6. The Bertz CT molecular complexity index is 1540. The molecule has 0 aliphatic rings. The molecule has 3 rings (SSSR count). The molecule has 11 heteroatoms. The highest BCUT2D eigenvalue weighted by Gasteiger charge is 2.14. The van der Waals surface area contributed by atoms with E-state index in [0.29, 0.717) is 60.0 Å². The Morgan fingerprint density at radius 2 is 0.839 bits per heavy atom. The lowest BCUT2D eigenvalue weighted by Gasteiger charge is -2.11. The Labute approximate surface area is 375 Å². The lowest BCUT2D eigenvalue weighted by atomic mass is 10.2. The minimum Gasteiger partial charge on any atom is -0.493 e. The van der Waals surface area contributed by atoms with Crippen molar-refractivity contribution in [3.8, 4) is 23.0 Å². The first-order valence-corrected chi connectivity index (χ1v) is 21.4. The molecule has 0 bridgehead atoms. The lowest BCUT2D eigenvalue weighted by molar-refractivity contribution is -0.138. The van der Waals surface area contributed by atoms with Crippen molar-refractivity contribution in [2.75, 3.05) is 40.6 Å². The van der Waals surface area contributed by atoms with Crippen LogP contribution in [0.2, 0.25) is 0 Å². The molecular formula is C51H80O11. The molecule has 0 aliphatic carbocycles. The van der Waals surface area contributed by atoms with E-state index in [0.717, 1.165) is 12.2 Å². The molecule has 0 saturated carbocycles. The molecule has 0 aliphatic heterocycles. The van der Waals surface area contributed by atoms with Gasteiger partial charge < -0.3 is 33.2 Å². The molecule has 0 saturated heterocycles. The van der Waals surface area contributed by atoms with E-state index in [1.807, 2.05) is 34.6 Å². The maximum absolute atomic E-state index is 12.6. The quantitative estimate of drug-likeness (QED) is 0.0448. The van der Waals surface area contributed by atoms with Crippen LogP contribution in [0.3, 0.4) is 0 Å². The summed E-state index contributed by atoms with van der Waals surface area (Å²) in [5.74, 6) is -0.371. The molecule has 0 amide bonds. The first-order valence-electron chi connectivity index (χ1n) is 21.4. The van der Waals surface area contributed by atoms with Gasteiger partial charge in [0.15, 0.2) is 0 Å². The fraction of sp³-hybridized carbons (Fsp3) is 0.451. The van der Waals surface area contributed by atoms with Gasteiger partial charge in [0.1, 0.15) is 23.0 Å². The highest BCUT2D eigenvalue weighted by atomic mass is 16.5. The van der Waals surface area contributed by atoms with Crippen molar-refractivity contribution in [1.82, 2.24) is 0 Å². The normalized spacial score (nSPS) is 8.61. The van der Waals surface area contributed by atoms with Gasteiger partial charge in [0.05, 0.1) is 37.6 Å². The zero-order valence-electron chi connectivity index (χ0n) is 40.6. The average Bonchev–Trinajstić information content (AvgIpc) is 3.27. The molecule has 0 heterocycles. The molecule has 0 spiro atoms. The van der Waals surface area contributed by atoms with Crippen LogP contribution in [0.1, 0.15) is 135 Å². The van der Waals surface area contributed by atoms with Crippen LogP contribution in [-0.4, -0.2) is 64.5 Å². The van der Waals surface area contributed by atoms with Gasteiger partial charge in [-0.15, -0.1) is 6.58 Å². The summed E-state index contributed by atoms with van der Waals surface area (Å²) in [6.07, 6.45) is 8.71. The topological polar surface area (TPSA) is 133 Å². The Hall–Kier alpha value is -5.68. The minimum absolute atomic E-state index is 0.218. The van der Waals surface area contributed by atoms with Crippen LogP contribution in [0, 0.1) is 6.92 Å². The molecule has 0 unspecified atom stereocenters. The van der Waals surface area contributed by atoms with E-state index in [1.165, 1.54) is 25.3 Å². The van der Waals surface area contributed by atoms with Gasteiger partial charge in [-0.25, -0.2) is 19.2 Å². The number of allylic oxidation sites excluding steroid dienone is 1. The summed E-state index contributed by atoms with van der Waals surface area (Å²) in [6, 6.07) is 17.6. The highest BCUT2D eigenvalue weighted by Crippen LogP contribution is 2.26. The summed E-state index contributed by atoms with van der Waals surface area (Å²) in [7, 11) is 3.25. The summed E-state index contributed by atoms with van der Waals surface area (Å²) in [5.41, 5.74) is 1.24. The number of carbonyl (C=O) groups is 4. The molecule has 0 N–H and O–H groups in total. The van der Waals surface area contributed by atoms with Crippen LogP contribution in [0.15, 0.2) is 105 Å². The van der Waals surface area contributed by atoms with Crippen LogP contribution in [0.5, 0.6) is 23.0 Å². The van der Waals surface area contributed by atoms with Crippen molar-refractivity contribution in [1.29, 1.82) is 0 Å². The van der Waals surface area contributed by atoms with Gasteiger partial charge in [-0.1, -0.05) is 108 Å². The second kappa shape index (κ2) is 49.7. The van der Waals surface area contributed by atoms with Crippen LogP contribution >= 0.6 is 0 Å². The third-order valence-corrected chi connectivity index (χ3v) is 5.68. The van der Waals surface area contributed by atoms with E-state index in [1.54, 1.807) is 87.9 Å². The summed E-state index contributed by atoms with van der Waals surface area (Å²) in [6.45, 7) is 35.5. The van der Waals surface area contributed by atoms with E-state index in [9.17, 15) is 19.2 Å². The van der Waals surface area contributed by atoms with Gasteiger partial charge in [-0.3, -0.25) is 0 Å². The van der Waals surface area contributed by atoms with Gasteiger partial charge >= 0.3 is 23.9 Å². The Morgan fingerprint density at radius 3 is 1.15 bits per heavy atom. The molecule has 350 valence electrons. The molecule has 3 aromatic carbocycles. The van der Waals surface area contributed by atoms with Crippen LogP contribution in [0.4, 0.5) is 0 Å². The molecule has 62 heavy (non-hydrogen) atoms. The number of methoxy groups -OCH3 is 1. The first-order chi connectivity index (χ1) is 29.9. The average molecular weight is 869 g/mol. The minimum atomic E-state index is -0.563. The molecule has 0 radical (unpaired) electrons. The lowest BCUT2D eigenvalue weighted by Crippen LogP contribution is -2.11. The van der Waals surface area contributed by atoms with Crippen molar-refractivity contribution >= 4 is 23.9 Å². The fourth-order valence-corrected chi connectivity index (χ4v) is 3.46. The van der Waals surface area contributed by atoms with Crippen molar-refractivity contribution in [2.45, 2.75) is 115 Å². The van der Waals surface area contributed by atoms with Crippen molar-refractivity contribution < 1.29 is 52.3 Å². The van der Waals surface area contributed by atoms with E-state index < -0.39 is 23.9 Å². The zero-order chi connectivity index (χ0) is 48.6. The summed E-state index contributed by atoms with van der Waals surface area (Å²) < 4.78 is 36.2. The Kier molecular flexibility index (Phi) is 52.4. The Morgan fingerprint density at radius 1 is 0.532 bits per heavy atom. The van der Waals surface area contributed by atoms with E-state index in [-0.39, 0.29) is 19.0 Å². The SMILES string of the molecule is C=CC.C=CC(=O)OCCCOc1ccc(C(=O)Oc2ccc(OC(=O)c3ccc(OCCCOC(=O)C=C)cc3)c(C)c2)cc1.CC.CC.CCC.CCC.CCC.COC. The Balaban J connectivity index is -0.000000489. The third-order valence-electron chi connectivity index (χ3n) is 5.68. The first kappa shape index (κ1) is 65.4. The number of esters is 4. The molecule has 0 aromatic heterocycles. The van der Waals surface area contributed by atoms with Crippen LogP contribution in [0.25, 0.3) is 0 Å². The van der Waals surface area contributed by atoms with Crippen LogP contribution in [-0.2, 0) is 23.8 Å². The second-order valence-corrected chi connectivity index (χ2v) is 11.8. The highest BCUT2D eigenvalue weighted by molar-refractivity contribution is 5.92. The fourth-order valence-electron chi connectivity index (χ4n) is 3.46. The third kappa shape index (κ3) is 38.5. The summed E-state index contributed by atoms with van der Waals surface area (Å²) in [4.78, 5) is 47.3. The number of carbonyl (C=O) groups excluding carboxylic acids is 4.